The van der Waals surface area contributed by atoms with Crippen molar-refractivity contribution in [1.29, 1.82) is 0 Å². The number of anilines is 1. The Hall–Kier alpha value is -2.84. The van der Waals surface area contributed by atoms with Gasteiger partial charge in [0.2, 0.25) is 0 Å². The van der Waals surface area contributed by atoms with E-state index in [9.17, 15) is 19.7 Å². The predicted molar refractivity (Wildman–Crippen MR) is 124 cm³/mol. The minimum atomic E-state index is -0.580. The minimum Gasteiger partial charge on any atom is -0.444 e. The fraction of sp³-hybridized carbons (Fsp3) is 0.652. The van der Waals surface area contributed by atoms with Crippen molar-refractivity contribution in [1.82, 2.24) is 9.80 Å². The average Bonchev–Trinajstić information content (AvgIpc) is 2.69. The van der Waals surface area contributed by atoms with Gasteiger partial charge in [-0.1, -0.05) is 0 Å². The van der Waals surface area contributed by atoms with Gasteiger partial charge < -0.3 is 19.4 Å². The number of nitro benzene ring substituents is 1. The summed E-state index contributed by atoms with van der Waals surface area (Å²) in [5.74, 6) is -0.125. The van der Waals surface area contributed by atoms with Gasteiger partial charge in [-0.05, 0) is 59.4 Å². The molecule has 1 saturated heterocycles. The third-order valence-corrected chi connectivity index (χ3v) is 5.42. The maximum absolute atomic E-state index is 13.4. The molecule has 1 aliphatic heterocycles. The zero-order valence-electron chi connectivity index (χ0n) is 20.3. The van der Waals surface area contributed by atoms with Crippen LogP contribution >= 0.6 is 0 Å². The number of piperidine rings is 1. The first-order chi connectivity index (χ1) is 14.8. The van der Waals surface area contributed by atoms with Gasteiger partial charge in [-0.2, -0.15) is 0 Å². The van der Waals surface area contributed by atoms with Crippen LogP contribution in [-0.2, 0) is 4.74 Å². The van der Waals surface area contributed by atoms with E-state index in [0.717, 1.165) is 12.8 Å². The topological polar surface area (TPSA) is 96.2 Å². The van der Waals surface area contributed by atoms with Gasteiger partial charge in [0.25, 0.3) is 11.6 Å². The second-order valence-corrected chi connectivity index (χ2v) is 9.84. The molecule has 1 aromatic carbocycles. The van der Waals surface area contributed by atoms with Crippen molar-refractivity contribution in [3.8, 4) is 0 Å². The van der Waals surface area contributed by atoms with Gasteiger partial charge in [-0.15, -0.1) is 0 Å². The number of hydrogen-bond donors (Lipinski definition) is 0. The van der Waals surface area contributed by atoms with Gasteiger partial charge >= 0.3 is 6.09 Å². The van der Waals surface area contributed by atoms with Crippen LogP contribution in [0.25, 0.3) is 0 Å². The van der Waals surface area contributed by atoms with E-state index in [2.05, 4.69) is 0 Å². The molecule has 9 heteroatoms. The molecule has 9 nitrogen and oxygen atoms in total. The van der Waals surface area contributed by atoms with E-state index in [1.165, 1.54) is 12.1 Å². The monoisotopic (exact) mass is 448 g/mol. The van der Waals surface area contributed by atoms with E-state index in [1.807, 2.05) is 34.6 Å². The summed E-state index contributed by atoms with van der Waals surface area (Å²) < 4.78 is 5.56. The Morgan fingerprint density at radius 1 is 1.28 bits per heavy atom. The van der Waals surface area contributed by atoms with Crippen LogP contribution in [0, 0.1) is 16.0 Å². The molecule has 0 N–H and O–H groups in total. The molecule has 1 aromatic rings. The molecule has 0 radical (unpaired) electrons. The molecule has 0 aromatic heterocycles. The standard InChI is InChI=1S/C23H36N4O5/c1-16(2)26(22(29)32-23(3,4)5)15-17-9-8-12-25(14-17)21(28)19-13-18(27(30)31)10-11-20(19)24(6)7/h10-11,13,16-17H,8-9,12,14-15H2,1-7H3. The molecule has 32 heavy (non-hydrogen) atoms. The Kier molecular flexibility index (Phi) is 8.09. The third-order valence-electron chi connectivity index (χ3n) is 5.42. The Balaban J connectivity index is 2.20. The molecular weight excluding hydrogens is 412 g/mol. The van der Waals surface area contributed by atoms with Crippen LogP contribution < -0.4 is 4.90 Å². The molecule has 1 fully saturated rings. The van der Waals surface area contributed by atoms with Crippen LogP contribution in [0.1, 0.15) is 57.8 Å². The number of carbonyl (C=O) groups excluding carboxylic acids is 2. The quantitative estimate of drug-likeness (QED) is 0.479. The fourth-order valence-corrected chi connectivity index (χ4v) is 3.86. The minimum absolute atomic E-state index is 0.0342. The number of rotatable bonds is 6. The highest BCUT2D eigenvalue weighted by molar-refractivity contribution is 6.00. The number of nitrogens with zero attached hydrogens (tertiary/aromatic N) is 4. The fourth-order valence-electron chi connectivity index (χ4n) is 3.86. The summed E-state index contributed by atoms with van der Waals surface area (Å²) in [6.07, 6.45) is 1.35. The number of non-ortho nitro benzene ring substituents is 1. The van der Waals surface area contributed by atoms with Gasteiger partial charge in [0.15, 0.2) is 0 Å². The van der Waals surface area contributed by atoms with E-state index in [4.69, 9.17) is 4.74 Å². The lowest BCUT2D eigenvalue weighted by Crippen LogP contribution is -2.48. The molecule has 1 aliphatic rings. The van der Waals surface area contributed by atoms with Crippen molar-refractivity contribution >= 4 is 23.4 Å². The lowest BCUT2D eigenvalue weighted by atomic mass is 9.96. The van der Waals surface area contributed by atoms with E-state index in [1.54, 1.807) is 34.9 Å². The lowest BCUT2D eigenvalue weighted by molar-refractivity contribution is -0.384. The molecule has 2 rings (SSSR count). The van der Waals surface area contributed by atoms with E-state index < -0.39 is 10.5 Å². The van der Waals surface area contributed by atoms with Crippen molar-refractivity contribution < 1.29 is 19.2 Å². The SMILES string of the molecule is CC(C)N(CC1CCCN(C(=O)c2cc([N+](=O)[O-])ccc2N(C)C)C1)C(=O)OC(C)(C)C. The van der Waals surface area contributed by atoms with Gasteiger partial charge in [0.05, 0.1) is 10.5 Å². The zero-order chi connectivity index (χ0) is 24.2. The highest BCUT2D eigenvalue weighted by Crippen LogP contribution is 2.28. The van der Waals surface area contributed by atoms with Gasteiger partial charge in [0, 0.05) is 57.6 Å². The smallest absolute Gasteiger partial charge is 0.410 e. The van der Waals surface area contributed by atoms with Crippen molar-refractivity contribution in [2.45, 2.75) is 59.1 Å². The average molecular weight is 449 g/mol. The molecule has 1 atom stereocenters. The third kappa shape index (κ3) is 6.58. The van der Waals surface area contributed by atoms with Gasteiger partial charge in [-0.25, -0.2) is 4.79 Å². The molecule has 1 unspecified atom stereocenters. The summed E-state index contributed by atoms with van der Waals surface area (Å²) in [5, 5.41) is 11.3. The number of benzene rings is 1. The van der Waals surface area contributed by atoms with Crippen molar-refractivity contribution in [2.24, 2.45) is 5.92 Å². The van der Waals surface area contributed by atoms with Crippen molar-refractivity contribution in [3.63, 3.8) is 0 Å². The summed E-state index contributed by atoms with van der Waals surface area (Å²) in [4.78, 5) is 42.0. The van der Waals surface area contributed by atoms with Crippen LogP contribution in [-0.4, -0.2) is 72.1 Å². The molecule has 178 valence electrons. The number of carbonyl (C=O) groups is 2. The highest BCUT2D eigenvalue weighted by atomic mass is 16.6. The molecule has 0 bridgehead atoms. The van der Waals surface area contributed by atoms with Crippen LogP contribution in [0.15, 0.2) is 18.2 Å². The van der Waals surface area contributed by atoms with E-state index in [0.29, 0.717) is 30.9 Å². The molecule has 0 saturated carbocycles. The zero-order valence-corrected chi connectivity index (χ0v) is 20.3. The van der Waals surface area contributed by atoms with Gasteiger partial charge in [0.1, 0.15) is 5.60 Å². The summed E-state index contributed by atoms with van der Waals surface area (Å²) in [5.41, 5.74) is 0.269. The highest BCUT2D eigenvalue weighted by Gasteiger charge is 2.31. The van der Waals surface area contributed by atoms with Gasteiger partial charge in [-0.3, -0.25) is 14.9 Å². The number of nitro groups is 1. The number of likely N-dealkylation sites (tertiary alicyclic amines) is 1. The maximum Gasteiger partial charge on any atom is 0.410 e. The normalized spacial score (nSPS) is 16.6. The second-order valence-electron chi connectivity index (χ2n) is 9.84. The lowest BCUT2D eigenvalue weighted by Gasteiger charge is -2.37. The van der Waals surface area contributed by atoms with Crippen LogP contribution in [0.3, 0.4) is 0 Å². The number of amides is 2. The summed E-state index contributed by atoms with van der Waals surface area (Å²) in [6, 6.07) is 4.33. The van der Waals surface area contributed by atoms with Crippen molar-refractivity contribution in [3.05, 3.63) is 33.9 Å². The largest absolute Gasteiger partial charge is 0.444 e. The Labute approximate surface area is 190 Å². The molecule has 0 spiro atoms. The molecule has 0 aliphatic carbocycles. The summed E-state index contributed by atoms with van der Waals surface area (Å²) >= 11 is 0. The first kappa shape index (κ1) is 25.4. The second kappa shape index (κ2) is 10.2. The maximum atomic E-state index is 13.4. The number of hydrogen-bond acceptors (Lipinski definition) is 6. The van der Waals surface area contributed by atoms with Crippen LogP contribution in [0.4, 0.5) is 16.2 Å². The van der Waals surface area contributed by atoms with Crippen LogP contribution in [0.5, 0.6) is 0 Å². The van der Waals surface area contributed by atoms with Crippen molar-refractivity contribution in [2.75, 3.05) is 38.6 Å². The Morgan fingerprint density at radius 2 is 1.94 bits per heavy atom. The predicted octanol–water partition coefficient (Wildman–Crippen LogP) is 4.16. The first-order valence-electron chi connectivity index (χ1n) is 11.0. The molecule has 1 heterocycles. The Morgan fingerprint density at radius 3 is 2.47 bits per heavy atom. The molecule has 2 amide bonds. The molecular formula is C23H36N4O5. The van der Waals surface area contributed by atoms with E-state index >= 15 is 0 Å². The summed E-state index contributed by atoms with van der Waals surface area (Å²) in [7, 11) is 3.61. The number of ether oxygens (including phenoxy) is 1. The Bertz CT molecular complexity index is 847. The first-order valence-corrected chi connectivity index (χ1v) is 11.0. The van der Waals surface area contributed by atoms with Crippen LogP contribution in [0.2, 0.25) is 0 Å². The summed E-state index contributed by atoms with van der Waals surface area (Å²) in [6.45, 7) is 11.0. The van der Waals surface area contributed by atoms with E-state index in [-0.39, 0.29) is 29.6 Å².